The lowest BCUT2D eigenvalue weighted by Crippen LogP contribution is -2.40. The molecule has 1 aliphatic rings. The number of likely N-dealkylation sites (tertiary alicyclic amines) is 1. The normalized spacial score (nSPS) is 18.1. The molecule has 0 aliphatic carbocycles. The van der Waals surface area contributed by atoms with E-state index in [1.54, 1.807) is 0 Å². The highest BCUT2D eigenvalue weighted by atomic mass is 16.5. The molecule has 2 rings (SSSR count). The summed E-state index contributed by atoms with van der Waals surface area (Å²) in [6.45, 7) is 8.01. The van der Waals surface area contributed by atoms with Gasteiger partial charge in [-0.25, -0.2) is 0 Å². The lowest BCUT2D eigenvalue weighted by Gasteiger charge is -2.23. The molecule has 116 valence electrons. The van der Waals surface area contributed by atoms with Crippen molar-refractivity contribution in [1.29, 1.82) is 0 Å². The first kappa shape index (κ1) is 15.8. The summed E-state index contributed by atoms with van der Waals surface area (Å²) in [5, 5.41) is 0. The second-order valence-electron chi connectivity index (χ2n) is 5.92. The first-order valence-corrected chi connectivity index (χ1v) is 7.73. The van der Waals surface area contributed by atoms with Crippen LogP contribution in [-0.4, -0.2) is 36.5 Å². The van der Waals surface area contributed by atoms with E-state index in [1.165, 1.54) is 11.1 Å². The Morgan fingerprint density at radius 3 is 2.86 bits per heavy atom. The van der Waals surface area contributed by atoms with Gasteiger partial charge in [-0.2, -0.15) is 0 Å². The Morgan fingerprint density at radius 1 is 1.38 bits per heavy atom. The van der Waals surface area contributed by atoms with Gasteiger partial charge in [-0.15, -0.1) is 0 Å². The van der Waals surface area contributed by atoms with Gasteiger partial charge in [-0.1, -0.05) is 6.07 Å². The van der Waals surface area contributed by atoms with E-state index in [0.29, 0.717) is 19.6 Å². The van der Waals surface area contributed by atoms with E-state index in [9.17, 15) is 4.79 Å². The van der Waals surface area contributed by atoms with Crippen LogP contribution < -0.4 is 10.5 Å². The van der Waals surface area contributed by atoms with E-state index in [1.807, 2.05) is 11.0 Å². The van der Waals surface area contributed by atoms with E-state index in [0.717, 1.165) is 30.7 Å². The highest BCUT2D eigenvalue weighted by Gasteiger charge is 2.27. The Kier molecular flexibility index (Phi) is 5.23. The molecule has 0 aromatic heterocycles. The van der Waals surface area contributed by atoms with Crippen molar-refractivity contribution >= 4 is 5.91 Å². The van der Waals surface area contributed by atoms with Crippen molar-refractivity contribution < 1.29 is 9.53 Å². The van der Waals surface area contributed by atoms with Crippen molar-refractivity contribution in [3.05, 3.63) is 28.8 Å². The number of ether oxygens (including phenoxy) is 1. The summed E-state index contributed by atoms with van der Waals surface area (Å²) in [4.78, 5) is 14.1. The van der Waals surface area contributed by atoms with Gasteiger partial charge in [0.1, 0.15) is 5.75 Å². The van der Waals surface area contributed by atoms with E-state index in [-0.39, 0.29) is 11.9 Å². The SMILES string of the molecule is Cc1cc(C)c(C)c(OCCC(=O)N2CCCC2CN)c1. The fraction of sp³-hybridized carbons (Fsp3) is 0.588. The molecule has 2 N–H and O–H groups in total. The Labute approximate surface area is 127 Å². The predicted octanol–water partition coefficient (Wildman–Crippen LogP) is 2.33. The van der Waals surface area contributed by atoms with Gasteiger partial charge < -0.3 is 15.4 Å². The standard InChI is InChI=1S/C17H26N2O2/c1-12-9-13(2)14(3)16(10-12)21-8-6-17(20)19-7-4-5-15(19)11-18/h9-10,15H,4-8,11,18H2,1-3H3. The topological polar surface area (TPSA) is 55.6 Å². The van der Waals surface area contributed by atoms with E-state index in [4.69, 9.17) is 10.5 Å². The summed E-state index contributed by atoms with van der Waals surface area (Å²) in [5.74, 6) is 1.04. The lowest BCUT2D eigenvalue weighted by molar-refractivity contribution is -0.132. The van der Waals surface area contributed by atoms with Crippen LogP contribution in [0.15, 0.2) is 12.1 Å². The average Bonchev–Trinajstić information content (AvgIpc) is 2.92. The van der Waals surface area contributed by atoms with Crippen LogP contribution in [0, 0.1) is 20.8 Å². The number of nitrogens with two attached hydrogens (primary N) is 1. The van der Waals surface area contributed by atoms with Crippen molar-refractivity contribution in [2.75, 3.05) is 19.7 Å². The van der Waals surface area contributed by atoms with Gasteiger partial charge in [-0.3, -0.25) is 4.79 Å². The summed E-state index contributed by atoms with van der Waals surface area (Å²) in [6.07, 6.45) is 2.51. The molecule has 1 saturated heterocycles. The molecular formula is C17H26N2O2. The molecule has 0 spiro atoms. The maximum Gasteiger partial charge on any atom is 0.226 e. The molecule has 4 nitrogen and oxygen atoms in total. The first-order valence-electron chi connectivity index (χ1n) is 7.73. The fourth-order valence-corrected chi connectivity index (χ4v) is 2.95. The molecule has 0 radical (unpaired) electrons. The number of nitrogens with zero attached hydrogens (tertiary/aromatic N) is 1. The average molecular weight is 290 g/mol. The van der Waals surface area contributed by atoms with Crippen LogP contribution >= 0.6 is 0 Å². The van der Waals surface area contributed by atoms with Crippen molar-refractivity contribution in [2.45, 2.75) is 46.1 Å². The van der Waals surface area contributed by atoms with Gasteiger partial charge in [0.05, 0.1) is 13.0 Å². The maximum atomic E-state index is 12.2. The van der Waals surface area contributed by atoms with Crippen molar-refractivity contribution in [3.63, 3.8) is 0 Å². The minimum Gasteiger partial charge on any atom is -0.493 e. The second-order valence-corrected chi connectivity index (χ2v) is 5.92. The third kappa shape index (κ3) is 3.76. The third-order valence-electron chi connectivity index (χ3n) is 4.31. The Hall–Kier alpha value is -1.55. The molecule has 21 heavy (non-hydrogen) atoms. The molecule has 1 amide bonds. The van der Waals surface area contributed by atoms with Gasteiger partial charge in [0.25, 0.3) is 0 Å². The van der Waals surface area contributed by atoms with Crippen LogP contribution in [0.5, 0.6) is 5.75 Å². The first-order chi connectivity index (χ1) is 10.0. The molecule has 1 aromatic carbocycles. The zero-order chi connectivity index (χ0) is 15.4. The minimum absolute atomic E-state index is 0.157. The quantitative estimate of drug-likeness (QED) is 0.905. The highest BCUT2D eigenvalue weighted by molar-refractivity contribution is 5.77. The molecule has 1 unspecified atom stereocenters. The molecule has 0 saturated carbocycles. The van der Waals surface area contributed by atoms with E-state index >= 15 is 0 Å². The summed E-state index contributed by atoms with van der Waals surface area (Å²) in [5.41, 5.74) is 9.26. The van der Waals surface area contributed by atoms with Crippen molar-refractivity contribution in [2.24, 2.45) is 5.73 Å². The van der Waals surface area contributed by atoms with E-state index < -0.39 is 0 Å². The van der Waals surface area contributed by atoms with Crippen LogP contribution in [0.1, 0.15) is 36.0 Å². The van der Waals surface area contributed by atoms with Crippen LogP contribution in [0.3, 0.4) is 0 Å². The largest absolute Gasteiger partial charge is 0.493 e. The van der Waals surface area contributed by atoms with Gasteiger partial charge in [0.15, 0.2) is 0 Å². The Morgan fingerprint density at radius 2 is 2.14 bits per heavy atom. The third-order valence-corrected chi connectivity index (χ3v) is 4.31. The predicted molar refractivity (Wildman–Crippen MR) is 84.6 cm³/mol. The number of carbonyl (C=O) groups excluding carboxylic acids is 1. The summed E-state index contributed by atoms with van der Waals surface area (Å²) in [7, 11) is 0. The monoisotopic (exact) mass is 290 g/mol. The van der Waals surface area contributed by atoms with Gasteiger partial charge in [-0.05, 0) is 56.4 Å². The van der Waals surface area contributed by atoms with Crippen LogP contribution in [0.2, 0.25) is 0 Å². The van der Waals surface area contributed by atoms with Crippen LogP contribution in [0.25, 0.3) is 0 Å². The summed E-state index contributed by atoms with van der Waals surface area (Å²) in [6, 6.07) is 4.40. The Balaban J connectivity index is 1.88. The minimum atomic E-state index is 0.157. The molecule has 1 aliphatic heterocycles. The number of hydrogen-bond donors (Lipinski definition) is 1. The fourth-order valence-electron chi connectivity index (χ4n) is 2.95. The number of rotatable bonds is 5. The number of aryl methyl sites for hydroxylation is 2. The molecule has 1 aromatic rings. The maximum absolute atomic E-state index is 12.2. The van der Waals surface area contributed by atoms with Crippen molar-refractivity contribution in [3.8, 4) is 5.75 Å². The molecule has 4 heteroatoms. The highest BCUT2D eigenvalue weighted by Crippen LogP contribution is 2.23. The zero-order valence-corrected chi connectivity index (χ0v) is 13.3. The number of benzene rings is 1. The molecule has 1 atom stereocenters. The molecule has 1 fully saturated rings. The lowest BCUT2D eigenvalue weighted by atomic mass is 10.1. The smallest absolute Gasteiger partial charge is 0.226 e. The van der Waals surface area contributed by atoms with Crippen molar-refractivity contribution in [1.82, 2.24) is 4.90 Å². The van der Waals surface area contributed by atoms with Gasteiger partial charge >= 0.3 is 0 Å². The zero-order valence-electron chi connectivity index (χ0n) is 13.3. The summed E-state index contributed by atoms with van der Waals surface area (Å²) < 4.78 is 5.82. The van der Waals surface area contributed by atoms with Crippen LogP contribution in [-0.2, 0) is 4.79 Å². The molecule has 1 heterocycles. The van der Waals surface area contributed by atoms with Gasteiger partial charge in [0.2, 0.25) is 5.91 Å². The van der Waals surface area contributed by atoms with E-state index in [2.05, 4.69) is 26.8 Å². The second kappa shape index (κ2) is 6.94. The Bertz CT molecular complexity index is 514. The molecule has 0 bridgehead atoms. The number of hydrogen-bond acceptors (Lipinski definition) is 3. The van der Waals surface area contributed by atoms with Gasteiger partial charge in [0, 0.05) is 19.1 Å². The number of amides is 1. The van der Waals surface area contributed by atoms with Crippen LogP contribution in [0.4, 0.5) is 0 Å². The number of carbonyl (C=O) groups is 1. The molecular weight excluding hydrogens is 264 g/mol. The summed E-state index contributed by atoms with van der Waals surface area (Å²) >= 11 is 0.